The summed E-state index contributed by atoms with van der Waals surface area (Å²) in [6, 6.07) is 2.15. The van der Waals surface area contributed by atoms with E-state index in [4.69, 9.17) is 9.52 Å². The summed E-state index contributed by atoms with van der Waals surface area (Å²) in [6.45, 7) is 1.87. The minimum absolute atomic E-state index is 0.0335. The van der Waals surface area contributed by atoms with Crippen molar-refractivity contribution in [1.29, 1.82) is 0 Å². The Morgan fingerprint density at radius 2 is 2.00 bits per heavy atom. The molecule has 2 saturated heterocycles. The molecule has 2 aliphatic rings. The first kappa shape index (κ1) is 13.2. The van der Waals surface area contributed by atoms with E-state index in [1.54, 1.807) is 12.3 Å². The number of carbonyl (C=O) groups excluding carboxylic acids is 1. The highest BCUT2D eigenvalue weighted by Gasteiger charge is 2.44. The topological polar surface area (TPSA) is 70.8 Å². The van der Waals surface area contributed by atoms with E-state index in [9.17, 15) is 9.59 Å². The van der Waals surface area contributed by atoms with Crippen molar-refractivity contribution in [3.63, 3.8) is 0 Å². The molecule has 1 amide bonds. The molecular formula is C15H19NO4. The molecule has 20 heavy (non-hydrogen) atoms. The summed E-state index contributed by atoms with van der Waals surface area (Å²) in [7, 11) is 0. The van der Waals surface area contributed by atoms with Crippen LogP contribution in [-0.4, -0.2) is 34.0 Å². The Morgan fingerprint density at radius 1 is 1.35 bits per heavy atom. The first-order valence-corrected chi connectivity index (χ1v) is 7.14. The molecule has 0 radical (unpaired) electrons. The monoisotopic (exact) mass is 277 g/mol. The van der Waals surface area contributed by atoms with Gasteiger partial charge in [-0.1, -0.05) is 0 Å². The van der Waals surface area contributed by atoms with Crippen LogP contribution in [0.15, 0.2) is 16.7 Å². The Morgan fingerprint density at radius 3 is 2.50 bits per heavy atom. The number of furan rings is 1. The maximum atomic E-state index is 12.6. The lowest BCUT2D eigenvalue weighted by Gasteiger charge is -2.38. The summed E-state index contributed by atoms with van der Waals surface area (Å²) in [5, 5.41) is 8.92. The summed E-state index contributed by atoms with van der Waals surface area (Å²) in [4.78, 5) is 25.4. The molecule has 2 aliphatic heterocycles. The molecule has 0 saturated carbocycles. The standard InChI is InChI=1S/C15H19NO4/c1-9-4-5-20-14(9)15(19)16-11-2-3-12(16)7-10(6-11)8-13(17)18/h4-5,10-12H,2-3,6-8H2,1H3,(H,17,18). The van der Waals surface area contributed by atoms with Crippen LogP contribution in [0, 0.1) is 12.8 Å². The Balaban J connectivity index is 1.76. The Kier molecular flexibility index (Phi) is 3.28. The third-order valence-electron chi connectivity index (χ3n) is 4.58. The fourth-order valence-corrected chi connectivity index (χ4v) is 3.74. The van der Waals surface area contributed by atoms with Gasteiger partial charge in [-0.15, -0.1) is 0 Å². The molecule has 5 nitrogen and oxygen atoms in total. The molecule has 0 spiro atoms. The molecule has 108 valence electrons. The van der Waals surface area contributed by atoms with E-state index in [1.807, 2.05) is 11.8 Å². The van der Waals surface area contributed by atoms with Gasteiger partial charge in [-0.2, -0.15) is 0 Å². The van der Waals surface area contributed by atoms with E-state index in [0.717, 1.165) is 31.2 Å². The van der Waals surface area contributed by atoms with Gasteiger partial charge in [0.2, 0.25) is 0 Å². The lowest BCUT2D eigenvalue weighted by Crippen LogP contribution is -2.46. The molecule has 3 rings (SSSR count). The zero-order valence-corrected chi connectivity index (χ0v) is 11.5. The van der Waals surface area contributed by atoms with Crippen molar-refractivity contribution in [2.75, 3.05) is 0 Å². The van der Waals surface area contributed by atoms with Crippen LogP contribution >= 0.6 is 0 Å². The fraction of sp³-hybridized carbons (Fsp3) is 0.600. The zero-order chi connectivity index (χ0) is 14.3. The van der Waals surface area contributed by atoms with Crippen LogP contribution in [0.4, 0.5) is 0 Å². The van der Waals surface area contributed by atoms with Crippen LogP contribution in [0.25, 0.3) is 0 Å². The number of nitrogens with zero attached hydrogens (tertiary/aromatic N) is 1. The van der Waals surface area contributed by atoms with Crippen molar-refractivity contribution >= 4 is 11.9 Å². The number of carboxylic acid groups (broad SMARTS) is 1. The molecule has 5 heteroatoms. The summed E-state index contributed by atoms with van der Waals surface area (Å²) in [5.74, 6) is -0.143. The fourth-order valence-electron chi connectivity index (χ4n) is 3.74. The molecular weight excluding hydrogens is 258 g/mol. The van der Waals surface area contributed by atoms with Crippen LogP contribution < -0.4 is 0 Å². The minimum atomic E-state index is -0.740. The normalized spacial score (nSPS) is 28.6. The van der Waals surface area contributed by atoms with Crippen molar-refractivity contribution in [3.05, 3.63) is 23.7 Å². The Hall–Kier alpha value is -1.78. The number of carbonyl (C=O) groups is 2. The molecule has 1 aromatic heterocycles. The molecule has 1 aromatic rings. The number of hydrogen-bond donors (Lipinski definition) is 1. The number of piperidine rings is 1. The van der Waals surface area contributed by atoms with Crippen molar-refractivity contribution < 1.29 is 19.1 Å². The van der Waals surface area contributed by atoms with Gasteiger partial charge in [0.05, 0.1) is 6.26 Å². The third-order valence-corrected chi connectivity index (χ3v) is 4.58. The number of rotatable bonds is 3. The van der Waals surface area contributed by atoms with E-state index in [0.29, 0.717) is 5.76 Å². The molecule has 2 atom stereocenters. The summed E-state index contributed by atoms with van der Waals surface area (Å²) in [5.41, 5.74) is 0.863. The first-order chi connectivity index (χ1) is 9.56. The molecule has 0 aromatic carbocycles. The van der Waals surface area contributed by atoms with Gasteiger partial charge in [-0.25, -0.2) is 0 Å². The molecule has 2 unspecified atom stereocenters. The van der Waals surface area contributed by atoms with Gasteiger partial charge in [0.25, 0.3) is 5.91 Å². The molecule has 1 N–H and O–H groups in total. The number of amides is 1. The number of hydrogen-bond acceptors (Lipinski definition) is 3. The average molecular weight is 277 g/mol. The van der Waals surface area contributed by atoms with E-state index in [2.05, 4.69) is 0 Å². The van der Waals surface area contributed by atoms with Crippen molar-refractivity contribution in [3.8, 4) is 0 Å². The van der Waals surface area contributed by atoms with Crippen LogP contribution in [0.3, 0.4) is 0 Å². The second-order valence-electron chi connectivity index (χ2n) is 5.97. The van der Waals surface area contributed by atoms with E-state index < -0.39 is 5.97 Å². The Bertz CT molecular complexity index is 522. The van der Waals surface area contributed by atoms with Gasteiger partial charge in [0.1, 0.15) is 0 Å². The number of fused-ring (bicyclic) bond motifs is 2. The van der Waals surface area contributed by atoms with Gasteiger partial charge < -0.3 is 14.4 Å². The van der Waals surface area contributed by atoms with Crippen LogP contribution in [-0.2, 0) is 4.79 Å². The molecule has 3 heterocycles. The van der Waals surface area contributed by atoms with Crippen LogP contribution in [0.1, 0.15) is 48.2 Å². The second-order valence-corrected chi connectivity index (χ2v) is 5.97. The SMILES string of the molecule is Cc1ccoc1C(=O)N1C2CCC1CC(CC(=O)O)C2. The van der Waals surface area contributed by atoms with E-state index >= 15 is 0 Å². The highest BCUT2D eigenvalue weighted by atomic mass is 16.4. The van der Waals surface area contributed by atoms with Crippen LogP contribution in [0.2, 0.25) is 0 Å². The Labute approximate surface area is 117 Å². The molecule has 2 bridgehead atoms. The second kappa shape index (κ2) is 4.96. The van der Waals surface area contributed by atoms with Crippen molar-refractivity contribution in [2.45, 2.75) is 51.1 Å². The number of carboxylic acids is 1. The van der Waals surface area contributed by atoms with E-state index in [1.165, 1.54) is 0 Å². The van der Waals surface area contributed by atoms with Gasteiger partial charge in [-0.05, 0) is 44.6 Å². The quantitative estimate of drug-likeness (QED) is 0.921. The van der Waals surface area contributed by atoms with Crippen molar-refractivity contribution in [2.24, 2.45) is 5.92 Å². The van der Waals surface area contributed by atoms with Gasteiger partial charge >= 0.3 is 5.97 Å². The van der Waals surface area contributed by atoms with Gasteiger partial charge in [-0.3, -0.25) is 9.59 Å². The lowest BCUT2D eigenvalue weighted by atomic mass is 9.88. The summed E-state index contributed by atoms with van der Waals surface area (Å²) >= 11 is 0. The number of aliphatic carboxylic acids is 1. The predicted octanol–water partition coefficient (Wildman–Crippen LogP) is 2.45. The first-order valence-electron chi connectivity index (χ1n) is 7.14. The summed E-state index contributed by atoms with van der Waals surface area (Å²) < 4.78 is 5.31. The highest BCUT2D eigenvalue weighted by molar-refractivity contribution is 5.93. The van der Waals surface area contributed by atoms with E-state index in [-0.39, 0.29) is 30.3 Å². The largest absolute Gasteiger partial charge is 0.481 e. The summed E-state index contributed by atoms with van der Waals surface area (Å²) in [6.07, 6.45) is 5.32. The average Bonchev–Trinajstić information content (AvgIpc) is 2.90. The minimum Gasteiger partial charge on any atom is -0.481 e. The third kappa shape index (κ3) is 2.21. The predicted molar refractivity (Wildman–Crippen MR) is 71.4 cm³/mol. The van der Waals surface area contributed by atoms with Crippen LogP contribution in [0.5, 0.6) is 0 Å². The highest BCUT2D eigenvalue weighted by Crippen LogP contribution is 2.40. The van der Waals surface area contributed by atoms with Crippen molar-refractivity contribution in [1.82, 2.24) is 4.90 Å². The van der Waals surface area contributed by atoms with Gasteiger partial charge in [0, 0.05) is 24.1 Å². The lowest BCUT2D eigenvalue weighted by molar-refractivity contribution is -0.138. The van der Waals surface area contributed by atoms with Gasteiger partial charge in [0.15, 0.2) is 5.76 Å². The maximum Gasteiger partial charge on any atom is 0.303 e. The number of aryl methyl sites for hydroxylation is 1. The molecule has 0 aliphatic carbocycles. The smallest absolute Gasteiger partial charge is 0.303 e. The molecule has 2 fully saturated rings. The zero-order valence-electron chi connectivity index (χ0n) is 11.5. The maximum absolute atomic E-state index is 12.6.